The summed E-state index contributed by atoms with van der Waals surface area (Å²) in [4.78, 5) is 14.8. The van der Waals surface area contributed by atoms with Gasteiger partial charge in [0.2, 0.25) is 0 Å². The third kappa shape index (κ3) is 2.92. The Morgan fingerprint density at radius 3 is 2.58 bits per heavy atom. The van der Waals surface area contributed by atoms with E-state index in [4.69, 9.17) is 23.8 Å². The predicted molar refractivity (Wildman–Crippen MR) is 111 cm³/mol. The van der Waals surface area contributed by atoms with Crippen molar-refractivity contribution in [2.45, 2.75) is 0 Å². The molecule has 0 radical (unpaired) electrons. The number of rotatable bonds is 2. The summed E-state index contributed by atoms with van der Waals surface area (Å²) in [5.41, 5.74) is 0.904. The lowest BCUT2D eigenvalue weighted by Crippen LogP contribution is -2.27. The number of carbonyl (C=O) groups excluding carboxylic acids is 1. The molecule has 0 saturated carbocycles. The minimum atomic E-state index is -0.479. The number of thiocarbonyl (C=S) groups is 1. The molecule has 1 aliphatic rings. The molecule has 0 unspecified atom stereocenters. The van der Waals surface area contributed by atoms with E-state index < -0.39 is 5.82 Å². The Balaban J connectivity index is 1.80. The van der Waals surface area contributed by atoms with Crippen molar-refractivity contribution < 1.29 is 9.18 Å². The Morgan fingerprint density at radius 1 is 1.04 bits per heavy atom. The summed E-state index contributed by atoms with van der Waals surface area (Å²) in [6.45, 7) is 0. The average molecular weight is 400 g/mol. The molecule has 4 rings (SSSR count). The van der Waals surface area contributed by atoms with Crippen LogP contribution in [0.15, 0.2) is 65.6 Å². The number of carbonyl (C=O) groups is 1. The van der Waals surface area contributed by atoms with Crippen LogP contribution in [0.4, 0.5) is 10.1 Å². The van der Waals surface area contributed by atoms with Crippen molar-refractivity contribution in [2.75, 3.05) is 4.90 Å². The summed E-state index contributed by atoms with van der Waals surface area (Å²) in [6.07, 6.45) is 1.46. The van der Waals surface area contributed by atoms with E-state index in [1.165, 1.54) is 23.1 Å². The molecule has 0 N–H and O–H groups in total. The van der Waals surface area contributed by atoms with E-state index in [1.807, 2.05) is 42.5 Å². The number of halogens is 2. The Morgan fingerprint density at radius 2 is 1.77 bits per heavy atom. The van der Waals surface area contributed by atoms with Gasteiger partial charge >= 0.3 is 0 Å². The van der Waals surface area contributed by atoms with Gasteiger partial charge in [-0.25, -0.2) is 4.39 Å². The highest BCUT2D eigenvalue weighted by molar-refractivity contribution is 8.27. The van der Waals surface area contributed by atoms with E-state index in [9.17, 15) is 9.18 Å². The van der Waals surface area contributed by atoms with Crippen molar-refractivity contribution in [1.82, 2.24) is 0 Å². The van der Waals surface area contributed by atoms with Gasteiger partial charge in [0, 0.05) is 10.9 Å². The highest BCUT2D eigenvalue weighted by atomic mass is 35.5. The van der Waals surface area contributed by atoms with Gasteiger partial charge in [-0.2, -0.15) is 0 Å². The van der Waals surface area contributed by atoms with E-state index in [0.717, 1.165) is 22.5 Å². The summed E-state index contributed by atoms with van der Waals surface area (Å²) >= 11 is 12.6. The molecule has 0 aliphatic carbocycles. The molecule has 1 heterocycles. The zero-order valence-corrected chi connectivity index (χ0v) is 15.7. The molecule has 2 nitrogen and oxygen atoms in total. The molecular formula is C20H11ClFNOS2. The minimum absolute atomic E-state index is 0.188. The van der Waals surface area contributed by atoms with Crippen LogP contribution in [0.5, 0.6) is 0 Å². The van der Waals surface area contributed by atoms with Gasteiger partial charge in [0.15, 0.2) is 4.32 Å². The van der Waals surface area contributed by atoms with Crippen LogP contribution in [0.3, 0.4) is 0 Å². The Labute approximate surface area is 164 Å². The molecule has 1 saturated heterocycles. The van der Waals surface area contributed by atoms with Gasteiger partial charge in [0.25, 0.3) is 5.91 Å². The van der Waals surface area contributed by atoms with Crippen molar-refractivity contribution >= 4 is 68.3 Å². The van der Waals surface area contributed by atoms with Crippen LogP contribution < -0.4 is 4.90 Å². The molecule has 3 aromatic carbocycles. The summed E-state index contributed by atoms with van der Waals surface area (Å²) in [7, 11) is 0. The van der Waals surface area contributed by atoms with Crippen LogP contribution in [-0.2, 0) is 4.79 Å². The molecule has 1 amide bonds. The quantitative estimate of drug-likeness (QED) is 0.387. The zero-order chi connectivity index (χ0) is 18.3. The van der Waals surface area contributed by atoms with E-state index in [-0.39, 0.29) is 16.5 Å². The molecule has 3 aromatic rings. The third-order valence-corrected chi connectivity index (χ3v) is 5.71. The van der Waals surface area contributed by atoms with E-state index in [0.29, 0.717) is 14.9 Å². The van der Waals surface area contributed by atoms with Crippen molar-refractivity contribution in [1.29, 1.82) is 0 Å². The molecule has 1 fully saturated rings. The fourth-order valence-electron chi connectivity index (χ4n) is 2.86. The molecule has 1 aliphatic heterocycles. The van der Waals surface area contributed by atoms with Gasteiger partial charge in [0.1, 0.15) is 5.82 Å². The van der Waals surface area contributed by atoms with Crippen LogP contribution in [0, 0.1) is 5.82 Å². The van der Waals surface area contributed by atoms with Crippen LogP contribution in [0.2, 0.25) is 5.02 Å². The van der Waals surface area contributed by atoms with Crippen LogP contribution in [0.1, 0.15) is 5.56 Å². The molecule has 26 heavy (non-hydrogen) atoms. The maximum Gasteiger partial charge on any atom is 0.270 e. The monoisotopic (exact) mass is 399 g/mol. The Kier molecular flexibility index (Phi) is 4.53. The molecule has 0 spiro atoms. The highest BCUT2D eigenvalue weighted by Gasteiger charge is 2.34. The molecule has 0 aromatic heterocycles. The van der Waals surface area contributed by atoms with Gasteiger partial charge < -0.3 is 0 Å². The van der Waals surface area contributed by atoms with Crippen LogP contribution in [-0.4, -0.2) is 10.2 Å². The third-order valence-electron chi connectivity index (χ3n) is 4.08. The second-order valence-electron chi connectivity index (χ2n) is 5.65. The number of amides is 1. The average Bonchev–Trinajstić information content (AvgIpc) is 2.91. The summed E-state index contributed by atoms with van der Waals surface area (Å²) in [5.74, 6) is -0.761. The fraction of sp³-hybridized carbons (Fsp3) is 0. The summed E-state index contributed by atoms with van der Waals surface area (Å²) in [5, 5.41) is 2.19. The topological polar surface area (TPSA) is 20.3 Å². The van der Waals surface area contributed by atoms with Gasteiger partial charge in [0.05, 0.1) is 15.6 Å². The van der Waals surface area contributed by atoms with Crippen molar-refractivity contribution in [2.24, 2.45) is 0 Å². The number of anilines is 1. The first kappa shape index (κ1) is 17.2. The Hall–Kier alpha value is -2.21. The summed E-state index contributed by atoms with van der Waals surface area (Å²) in [6, 6.07) is 17.9. The smallest absolute Gasteiger partial charge is 0.268 e. The minimum Gasteiger partial charge on any atom is -0.268 e. The van der Waals surface area contributed by atoms with Gasteiger partial charge in [-0.1, -0.05) is 78.0 Å². The van der Waals surface area contributed by atoms with Gasteiger partial charge in [-0.3, -0.25) is 9.69 Å². The zero-order valence-electron chi connectivity index (χ0n) is 13.3. The number of nitrogens with zero attached hydrogens (tertiary/aromatic N) is 1. The van der Waals surface area contributed by atoms with Crippen LogP contribution in [0.25, 0.3) is 16.8 Å². The molecule has 0 atom stereocenters. The van der Waals surface area contributed by atoms with E-state index >= 15 is 0 Å². The van der Waals surface area contributed by atoms with E-state index in [1.54, 1.807) is 6.07 Å². The molecule has 0 bridgehead atoms. The number of thioether (sulfide) groups is 1. The largest absolute Gasteiger partial charge is 0.270 e. The summed E-state index contributed by atoms with van der Waals surface area (Å²) < 4.78 is 14.5. The first-order valence-electron chi connectivity index (χ1n) is 7.76. The number of benzene rings is 3. The number of hydrogen-bond acceptors (Lipinski definition) is 3. The SMILES string of the molecule is O=C1/C(=C\c2c(F)cccc2Cl)SC(=S)N1c1cccc2ccccc12. The van der Waals surface area contributed by atoms with Crippen molar-refractivity contribution in [3.63, 3.8) is 0 Å². The Bertz CT molecular complexity index is 1070. The normalized spacial score (nSPS) is 16.1. The van der Waals surface area contributed by atoms with Crippen LogP contribution >= 0.6 is 35.6 Å². The second kappa shape index (κ2) is 6.83. The molecule has 128 valence electrons. The van der Waals surface area contributed by atoms with Gasteiger partial charge in [-0.15, -0.1) is 0 Å². The first-order valence-corrected chi connectivity index (χ1v) is 9.36. The second-order valence-corrected chi connectivity index (χ2v) is 7.73. The van der Waals surface area contributed by atoms with Crippen molar-refractivity contribution in [3.8, 4) is 0 Å². The van der Waals surface area contributed by atoms with E-state index in [2.05, 4.69) is 0 Å². The maximum atomic E-state index is 14.1. The number of fused-ring (bicyclic) bond motifs is 1. The molecular weight excluding hydrogens is 389 g/mol. The lowest BCUT2D eigenvalue weighted by atomic mass is 10.1. The van der Waals surface area contributed by atoms with Crippen molar-refractivity contribution in [3.05, 3.63) is 82.0 Å². The number of hydrogen-bond donors (Lipinski definition) is 0. The molecule has 6 heteroatoms. The fourth-order valence-corrected chi connectivity index (χ4v) is 4.34. The first-order chi connectivity index (χ1) is 12.6. The van der Waals surface area contributed by atoms with Gasteiger partial charge in [-0.05, 0) is 29.7 Å². The maximum absolute atomic E-state index is 14.1. The lowest BCUT2D eigenvalue weighted by molar-refractivity contribution is -0.113. The standard InChI is InChI=1S/C20H11ClFNOS2/c21-15-8-4-9-16(22)14(15)11-18-19(24)23(20(25)26-18)17-10-3-6-12-5-1-2-7-13(12)17/h1-11H/b18-11+. The predicted octanol–water partition coefficient (Wildman–Crippen LogP) is 6.04. The highest BCUT2D eigenvalue weighted by Crippen LogP contribution is 2.39. The lowest BCUT2D eigenvalue weighted by Gasteiger charge is -2.17.